The van der Waals surface area contributed by atoms with E-state index in [0.29, 0.717) is 0 Å². The van der Waals surface area contributed by atoms with Crippen molar-refractivity contribution in [1.82, 2.24) is 0 Å². The Morgan fingerprint density at radius 3 is 1.11 bits per heavy atom. The van der Waals surface area contributed by atoms with Crippen LogP contribution in [0, 0.1) is 27.7 Å². The zero-order chi connectivity index (χ0) is 27.4. The minimum Gasteiger partial charge on any atom is -0.496 e. The van der Waals surface area contributed by atoms with E-state index < -0.39 is 0 Å². The van der Waals surface area contributed by atoms with Crippen LogP contribution in [-0.4, -0.2) is 28.4 Å². The molecule has 0 radical (unpaired) electrons. The number of rotatable bonds is 9. The van der Waals surface area contributed by atoms with Crippen LogP contribution < -0.4 is 18.9 Å². The number of aryl methyl sites for hydroxylation is 2. The average Bonchev–Trinajstić information content (AvgIpc) is 2.92. The Bertz CT molecular complexity index is 1340. The molecular weight excluding hydrogens is 472 g/mol. The second kappa shape index (κ2) is 11.6. The zero-order valence-electron chi connectivity index (χ0n) is 23.8. The van der Waals surface area contributed by atoms with Crippen LogP contribution >= 0.6 is 0 Å². The summed E-state index contributed by atoms with van der Waals surface area (Å²) in [6, 6.07) is 21.6. The lowest BCUT2D eigenvalue weighted by atomic mass is 9.89. The van der Waals surface area contributed by atoms with Gasteiger partial charge in [0, 0.05) is 0 Å². The third-order valence-corrected chi connectivity index (χ3v) is 7.33. The van der Waals surface area contributed by atoms with Gasteiger partial charge < -0.3 is 18.9 Å². The fraction of sp³-hybridized carbons (Fsp3) is 0.294. The van der Waals surface area contributed by atoms with E-state index in [0.717, 1.165) is 69.2 Å². The van der Waals surface area contributed by atoms with Gasteiger partial charge in [-0.25, -0.2) is 0 Å². The fourth-order valence-corrected chi connectivity index (χ4v) is 5.10. The first kappa shape index (κ1) is 27.1. The van der Waals surface area contributed by atoms with Gasteiger partial charge in [-0.2, -0.15) is 0 Å². The van der Waals surface area contributed by atoms with Crippen LogP contribution in [0.5, 0.6) is 23.0 Å². The Kier molecular flexibility index (Phi) is 8.31. The molecule has 0 bridgehead atoms. The Labute approximate surface area is 227 Å². The lowest BCUT2D eigenvalue weighted by Crippen LogP contribution is -2.00. The average molecular weight is 511 g/mol. The molecule has 0 aliphatic rings. The van der Waals surface area contributed by atoms with Gasteiger partial charge in [0.15, 0.2) is 0 Å². The molecule has 0 aliphatic carbocycles. The van der Waals surface area contributed by atoms with E-state index in [4.69, 9.17) is 18.9 Å². The number of methoxy groups -OCH3 is 4. The molecule has 0 saturated heterocycles. The maximum Gasteiger partial charge on any atom is 0.122 e. The molecular formula is C34H38O4. The summed E-state index contributed by atoms with van der Waals surface area (Å²) in [4.78, 5) is 0. The van der Waals surface area contributed by atoms with Crippen molar-refractivity contribution in [1.29, 1.82) is 0 Å². The van der Waals surface area contributed by atoms with Gasteiger partial charge in [0.1, 0.15) is 23.0 Å². The zero-order valence-corrected chi connectivity index (χ0v) is 23.8. The van der Waals surface area contributed by atoms with E-state index in [1.54, 1.807) is 28.4 Å². The monoisotopic (exact) mass is 510 g/mol. The van der Waals surface area contributed by atoms with Gasteiger partial charge in [0.05, 0.1) is 28.4 Å². The molecule has 4 aromatic rings. The Hall–Kier alpha value is -3.92. The molecule has 0 N–H and O–H groups in total. The lowest BCUT2D eigenvalue weighted by Gasteiger charge is -2.19. The molecule has 0 atom stereocenters. The molecule has 38 heavy (non-hydrogen) atoms. The minimum absolute atomic E-state index is 0.777. The molecule has 0 spiro atoms. The van der Waals surface area contributed by atoms with Crippen molar-refractivity contribution in [3.63, 3.8) is 0 Å². The molecule has 4 heteroatoms. The smallest absolute Gasteiger partial charge is 0.122 e. The van der Waals surface area contributed by atoms with Crippen LogP contribution in [0.3, 0.4) is 0 Å². The van der Waals surface area contributed by atoms with E-state index >= 15 is 0 Å². The largest absolute Gasteiger partial charge is 0.496 e. The van der Waals surface area contributed by atoms with Crippen molar-refractivity contribution in [2.24, 2.45) is 0 Å². The molecule has 0 unspecified atom stereocenters. The van der Waals surface area contributed by atoms with Gasteiger partial charge in [0.25, 0.3) is 0 Å². The van der Waals surface area contributed by atoms with Crippen molar-refractivity contribution < 1.29 is 18.9 Å². The van der Waals surface area contributed by atoms with Crippen molar-refractivity contribution >= 4 is 0 Å². The highest BCUT2D eigenvalue weighted by Crippen LogP contribution is 2.38. The second-order valence-corrected chi connectivity index (χ2v) is 9.90. The summed E-state index contributed by atoms with van der Waals surface area (Å²) in [5.41, 5.74) is 11.5. The molecule has 0 amide bonds. The Morgan fingerprint density at radius 1 is 0.421 bits per heavy atom. The molecule has 0 aliphatic heterocycles. The third-order valence-electron chi connectivity index (χ3n) is 7.33. The molecule has 4 aromatic carbocycles. The van der Waals surface area contributed by atoms with Gasteiger partial charge >= 0.3 is 0 Å². The standard InChI is InChI=1S/C34H38O4/c1-21-9-11-25(17-31(21)35-5)13-27-15-29(23(3)33(19-27)37-7)30-16-28(20-34(38-8)24(30)4)14-26-12-10-22(2)32(18-26)36-6/h9-12,15-20H,13-14H2,1-8H3. The highest BCUT2D eigenvalue weighted by molar-refractivity contribution is 5.76. The minimum atomic E-state index is 0.777. The summed E-state index contributed by atoms with van der Waals surface area (Å²) in [5, 5.41) is 0. The predicted octanol–water partition coefficient (Wildman–Crippen LogP) is 7.80. The van der Waals surface area contributed by atoms with Gasteiger partial charge in [-0.15, -0.1) is 0 Å². The summed E-state index contributed by atoms with van der Waals surface area (Å²) in [5.74, 6) is 3.57. The molecule has 4 rings (SSSR count). The summed E-state index contributed by atoms with van der Waals surface area (Å²) in [6.07, 6.45) is 1.55. The number of benzene rings is 4. The van der Waals surface area contributed by atoms with E-state index in [2.05, 4.69) is 88.4 Å². The molecule has 198 valence electrons. The van der Waals surface area contributed by atoms with Crippen LogP contribution in [0.1, 0.15) is 44.5 Å². The van der Waals surface area contributed by atoms with Crippen molar-refractivity contribution in [2.45, 2.75) is 40.5 Å². The summed E-state index contributed by atoms with van der Waals surface area (Å²) in [6.45, 7) is 8.36. The van der Waals surface area contributed by atoms with Crippen LogP contribution in [0.15, 0.2) is 60.7 Å². The lowest BCUT2D eigenvalue weighted by molar-refractivity contribution is 0.410. The Morgan fingerprint density at radius 2 is 0.763 bits per heavy atom. The summed E-state index contributed by atoms with van der Waals surface area (Å²) >= 11 is 0. The first-order valence-electron chi connectivity index (χ1n) is 12.9. The number of hydrogen-bond acceptors (Lipinski definition) is 4. The van der Waals surface area contributed by atoms with Gasteiger partial charge in [-0.1, -0.05) is 36.4 Å². The van der Waals surface area contributed by atoms with Crippen molar-refractivity contribution in [3.05, 3.63) is 105 Å². The maximum atomic E-state index is 5.84. The highest BCUT2D eigenvalue weighted by atomic mass is 16.5. The summed E-state index contributed by atoms with van der Waals surface area (Å²) < 4.78 is 22.8. The van der Waals surface area contributed by atoms with Crippen LogP contribution in [0.2, 0.25) is 0 Å². The van der Waals surface area contributed by atoms with Crippen molar-refractivity contribution in [2.75, 3.05) is 28.4 Å². The number of hydrogen-bond donors (Lipinski definition) is 0. The van der Waals surface area contributed by atoms with Crippen LogP contribution in [0.25, 0.3) is 11.1 Å². The maximum absolute atomic E-state index is 5.84. The van der Waals surface area contributed by atoms with Gasteiger partial charge in [-0.3, -0.25) is 0 Å². The Balaban J connectivity index is 1.79. The molecule has 4 nitrogen and oxygen atoms in total. The first-order valence-corrected chi connectivity index (χ1v) is 12.9. The molecule has 0 heterocycles. The topological polar surface area (TPSA) is 36.9 Å². The van der Waals surface area contributed by atoms with Crippen LogP contribution in [0.4, 0.5) is 0 Å². The predicted molar refractivity (Wildman–Crippen MR) is 156 cm³/mol. The van der Waals surface area contributed by atoms with E-state index in [9.17, 15) is 0 Å². The van der Waals surface area contributed by atoms with Gasteiger partial charge in [0.2, 0.25) is 0 Å². The van der Waals surface area contributed by atoms with E-state index in [1.807, 2.05) is 0 Å². The molecule has 0 saturated carbocycles. The SMILES string of the molecule is COc1cc(Cc2cc(OC)c(C)c(-c3cc(Cc4ccc(C)c(OC)c4)cc(OC)c3C)c2)ccc1C. The molecule has 0 fully saturated rings. The highest BCUT2D eigenvalue weighted by Gasteiger charge is 2.17. The number of ether oxygens (including phenoxy) is 4. The van der Waals surface area contributed by atoms with Crippen LogP contribution in [-0.2, 0) is 12.8 Å². The second-order valence-electron chi connectivity index (χ2n) is 9.90. The van der Waals surface area contributed by atoms with E-state index in [1.165, 1.54) is 22.3 Å². The quantitative estimate of drug-likeness (QED) is 0.230. The van der Waals surface area contributed by atoms with E-state index in [-0.39, 0.29) is 0 Å². The first-order chi connectivity index (χ1) is 18.3. The fourth-order valence-electron chi connectivity index (χ4n) is 5.10. The van der Waals surface area contributed by atoms with Gasteiger partial charge in [-0.05, 0) is 120 Å². The normalized spacial score (nSPS) is 10.8. The summed E-state index contributed by atoms with van der Waals surface area (Å²) in [7, 11) is 6.91. The third kappa shape index (κ3) is 5.65. The van der Waals surface area contributed by atoms with Crippen molar-refractivity contribution in [3.8, 4) is 34.1 Å². The molecule has 0 aromatic heterocycles.